The Morgan fingerprint density at radius 3 is 1.56 bits per heavy atom. The van der Waals surface area contributed by atoms with Crippen LogP contribution < -0.4 is 4.90 Å². The van der Waals surface area contributed by atoms with Crippen LogP contribution in [0.5, 0.6) is 0 Å². The number of nitrogens with zero attached hydrogens (tertiary/aromatic N) is 1. The van der Waals surface area contributed by atoms with Crippen molar-refractivity contribution in [3.63, 3.8) is 0 Å². The van der Waals surface area contributed by atoms with Crippen molar-refractivity contribution in [2.75, 3.05) is 4.90 Å². The monoisotopic (exact) mass is 624 g/mol. The summed E-state index contributed by atoms with van der Waals surface area (Å²) in [4.78, 5) is 1.75. The van der Waals surface area contributed by atoms with E-state index in [0.717, 1.165) is 48.7 Å². The molecule has 48 heavy (non-hydrogen) atoms. The highest BCUT2D eigenvalue weighted by Gasteiger charge is 2.21. The van der Waals surface area contributed by atoms with Gasteiger partial charge in [-0.2, -0.15) is 0 Å². The number of anilines is 3. The van der Waals surface area contributed by atoms with Gasteiger partial charge in [0.1, 0.15) is 0 Å². The minimum atomic E-state index is -0.766. The van der Waals surface area contributed by atoms with E-state index in [0.29, 0.717) is 11.4 Å². The third kappa shape index (κ3) is 4.71. The van der Waals surface area contributed by atoms with Crippen LogP contribution in [0.3, 0.4) is 0 Å². The lowest BCUT2D eigenvalue weighted by molar-refractivity contribution is 1.32. The van der Waals surface area contributed by atoms with Crippen molar-refractivity contribution in [1.82, 2.24) is 0 Å². The molecule has 9 rings (SSSR count). The highest BCUT2D eigenvalue weighted by molar-refractivity contribution is 6.19. The largest absolute Gasteiger partial charge is 0.309 e. The van der Waals surface area contributed by atoms with Gasteiger partial charge >= 0.3 is 0 Å². The Labute approximate surface area is 299 Å². The zero-order valence-corrected chi connectivity index (χ0v) is 25.8. The van der Waals surface area contributed by atoms with Crippen LogP contribution in [0, 0.1) is 6.92 Å². The Balaban J connectivity index is 1.38. The lowest BCUT2D eigenvalue weighted by Gasteiger charge is -2.29. The Kier molecular flexibility index (Phi) is 4.25. The molecule has 0 aliphatic rings. The summed E-state index contributed by atoms with van der Waals surface area (Å²) < 4.78 is 116. The summed E-state index contributed by atoms with van der Waals surface area (Å²) in [6.07, 6.45) is 0. The van der Waals surface area contributed by atoms with E-state index in [1.54, 1.807) is 4.90 Å². The fourth-order valence-electron chi connectivity index (χ4n) is 6.58. The Hall–Kier alpha value is -6.18. The van der Waals surface area contributed by atoms with Crippen LogP contribution in [0.1, 0.15) is 23.4 Å². The number of fused-ring (bicyclic) bond motifs is 6. The van der Waals surface area contributed by atoms with Crippen molar-refractivity contribution in [3.05, 3.63) is 187 Å². The minimum Gasteiger partial charge on any atom is -0.309 e. The number of benzene rings is 9. The van der Waals surface area contributed by atoms with Crippen LogP contribution in [0.2, 0.25) is 0 Å². The van der Waals surface area contributed by atoms with E-state index in [-0.39, 0.29) is 5.69 Å². The fraction of sp³-hybridized carbons (Fsp3) is 0.0213. The van der Waals surface area contributed by atoms with Crippen molar-refractivity contribution in [2.24, 2.45) is 0 Å². The van der Waals surface area contributed by atoms with Gasteiger partial charge in [0.15, 0.2) is 0 Å². The predicted molar refractivity (Wildman–Crippen MR) is 207 cm³/mol. The predicted octanol–water partition coefficient (Wildman–Crippen LogP) is 13.4. The molecule has 9 aromatic rings. The smallest absolute Gasteiger partial charge is 0.0645 e. The molecule has 1 nitrogen and oxygen atoms in total. The van der Waals surface area contributed by atoms with Crippen molar-refractivity contribution < 1.29 is 17.8 Å². The third-order valence-electron chi connectivity index (χ3n) is 8.76. The molecule has 0 saturated carbocycles. The minimum absolute atomic E-state index is 0.109. The molecule has 0 heterocycles. The molecule has 0 fully saturated rings. The molecule has 0 aliphatic heterocycles. The van der Waals surface area contributed by atoms with Crippen LogP contribution in [0.15, 0.2) is 182 Å². The highest BCUT2D eigenvalue weighted by atomic mass is 15.1. The number of hydrogen-bond acceptors (Lipinski definition) is 1. The summed E-state index contributed by atoms with van der Waals surface area (Å²) in [5, 5.41) is 7.13. The summed E-state index contributed by atoms with van der Waals surface area (Å²) in [6, 6.07) is 24.5. The molecule has 0 bridgehead atoms. The zero-order valence-electron chi connectivity index (χ0n) is 38.8. The van der Waals surface area contributed by atoms with Gasteiger partial charge in [-0.3, -0.25) is 0 Å². The maximum absolute atomic E-state index is 9.72. The Morgan fingerprint density at radius 1 is 0.417 bits per heavy atom. The van der Waals surface area contributed by atoms with E-state index in [1.165, 1.54) is 0 Å². The van der Waals surface area contributed by atoms with E-state index < -0.39 is 101 Å². The molecule has 0 unspecified atom stereocenters. The van der Waals surface area contributed by atoms with Crippen LogP contribution in [0.4, 0.5) is 17.1 Å². The van der Waals surface area contributed by atoms with E-state index >= 15 is 0 Å². The van der Waals surface area contributed by atoms with Gasteiger partial charge in [-0.1, -0.05) is 157 Å². The van der Waals surface area contributed by atoms with Crippen LogP contribution in [0.25, 0.3) is 65.3 Å². The van der Waals surface area contributed by atoms with Gasteiger partial charge in [-0.25, -0.2) is 0 Å². The van der Waals surface area contributed by atoms with Gasteiger partial charge in [0.2, 0.25) is 0 Å². The van der Waals surface area contributed by atoms with Gasteiger partial charge in [0, 0.05) is 16.5 Å². The number of aryl methyl sites for hydroxylation is 1. The topological polar surface area (TPSA) is 3.24 Å². The molecular weight excluding hydrogens is 579 g/mol. The quantitative estimate of drug-likeness (QED) is 0.172. The maximum Gasteiger partial charge on any atom is 0.0645 e. The van der Waals surface area contributed by atoms with Gasteiger partial charge in [-0.05, 0) is 91.3 Å². The molecule has 9 aromatic carbocycles. The van der Waals surface area contributed by atoms with Gasteiger partial charge in [-0.15, -0.1) is 0 Å². The van der Waals surface area contributed by atoms with Crippen LogP contribution in [-0.2, 0) is 0 Å². The fourth-order valence-corrected chi connectivity index (χ4v) is 6.58. The van der Waals surface area contributed by atoms with E-state index in [2.05, 4.69) is 0 Å². The summed E-state index contributed by atoms with van der Waals surface area (Å²) in [5.74, 6) is 0. The van der Waals surface area contributed by atoms with Crippen LogP contribution >= 0.6 is 0 Å². The summed E-state index contributed by atoms with van der Waals surface area (Å²) >= 11 is 0. The Bertz CT molecular complexity index is 3290. The normalized spacial score (nSPS) is 15.2. The first-order chi connectivity index (χ1) is 29.1. The summed E-state index contributed by atoms with van der Waals surface area (Å²) in [5.41, 5.74) is 0.0177. The number of hydrogen-bond donors (Lipinski definition) is 0. The second kappa shape index (κ2) is 11.6. The van der Waals surface area contributed by atoms with Crippen molar-refractivity contribution >= 4 is 60.2 Å². The molecule has 226 valence electrons. The van der Waals surface area contributed by atoms with E-state index in [1.807, 2.05) is 110 Å². The summed E-state index contributed by atoms with van der Waals surface area (Å²) in [7, 11) is 0. The SMILES string of the molecule is [2H]c1c([2H])c([2H])c(-c2c([2H])c([2H])c(-c3c([2H])c([2H])c(N(c4cc5ccccc5c5ccccc45)c4cc5cccc(C)c5c5ccccc45)c([2H])c3[2H])c([2H])c2[2H])c([2H])c1[2H]. The highest BCUT2D eigenvalue weighted by Crippen LogP contribution is 2.46. The van der Waals surface area contributed by atoms with Crippen molar-refractivity contribution in [2.45, 2.75) is 6.92 Å². The molecule has 0 radical (unpaired) electrons. The molecule has 1 heteroatoms. The lowest BCUT2D eigenvalue weighted by Crippen LogP contribution is -2.11. The lowest BCUT2D eigenvalue weighted by atomic mass is 9.94. The van der Waals surface area contributed by atoms with E-state index in [4.69, 9.17) is 12.3 Å². The second-order valence-electron chi connectivity index (χ2n) is 11.6. The van der Waals surface area contributed by atoms with Crippen molar-refractivity contribution in [3.8, 4) is 22.3 Å². The van der Waals surface area contributed by atoms with Gasteiger partial charge < -0.3 is 4.90 Å². The first-order valence-electron chi connectivity index (χ1n) is 22.1. The molecule has 0 aliphatic carbocycles. The molecule has 0 saturated heterocycles. The second-order valence-corrected chi connectivity index (χ2v) is 11.6. The van der Waals surface area contributed by atoms with Crippen molar-refractivity contribution in [1.29, 1.82) is 0 Å². The molecule has 0 atom stereocenters. The zero-order chi connectivity index (χ0) is 43.3. The molecule has 0 amide bonds. The standard InChI is InChI=1S/C47H33N/c1-32-12-11-16-38-31-46(43-20-9-10-21-44(43)47(32)38)48(45-30-37-15-5-6-17-40(37)41-18-7-8-19-42(41)45)39-28-26-36(27-29-39)35-24-22-34(23-25-35)33-13-3-2-4-14-33/h2-31H,1H3/i2D,3D,4D,13D,14D,22D,23D,24D,25D,26D,27D,28D,29D. The number of rotatable bonds is 5. The van der Waals surface area contributed by atoms with E-state index in [9.17, 15) is 5.48 Å². The Morgan fingerprint density at radius 2 is 0.896 bits per heavy atom. The van der Waals surface area contributed by atoms with Gasteiger partial charge in [0.25, 0.3) is 0 Å². The maximum atomic E-state index is 9.72. The average molecular weight is 625 g/mol. The first-order valence-corrected chi connectivity index (χ1v) is 15.6. The van der Waals surface area contributed by atoms with Gasteiger partial charge in [0.05, 0.1) is 29.2 Å². The third-order valence-corrected chi connectivity index (χ3v) is 8.76. The molecule has 0 N–H and O–H groups in total. The molecule has 0 aromatic heterocycles. The average Bonchev–Trinajstić information content (AvgIpc) is 3.27. The summed E-state index contributed by atoms with van der Waals surface area (Å²) in [6.45, 7) is 2.03. The molecular formula is C47H33N. The molecule has 0 spiro atoms. The first kappa shape index (κ1) is 17.7. The van der Waals surface area contributed by atoms with Crippen LogP contribution in [-0.4, -0.2) is 0 Å².